The van der Waals surface area contributed by atoms with Gasteiger partial charge >= 0.3 is 0 Å². The van der Waals surface area contributed by atoms with Crippen LogP contribution < -0.4 is 0 Å². The summed E-state index contributed by atoms with van der Waals surface area (Å²) in [4.78, 5) is 7.27. The van der Waals surface area contributed by atoms with Gasteiger partial charge in [-0.1, -0.05) is 20.8 Å². The Morgan fingerprint density at radius 2 is 1.47 bits per heavy atom. The van der Waals surface area contributed by atoms with Crippen molar-refractivity contribution in [3.8, 4) is 0 Å². The predicted octanol–water partition coefficient (Wildman–Crippen LogP) is 0.963. The minimum Gasteiger partial charge on any atom is -0.393 e. The number of rotatable bonds is 6. The van der Waals surface area contributed by atoms with Crippen LogP contribution in [0.4, 0.5) is 0 Å². The molecule has 1 saturated heterocycles. The molecular formula is C15H33N3O. The Bertz CT molecular complexity index is 242. The SMILES string of the molecule is CN(C)CCN1CCN(CCC(O)C(C)(C)C)CC1. The van der Waals surface area contributed by atoms with Gasteiger partial charge in [-0.2, -0.15) is 0 Å². The van der Waals surface area contributed by atoms with Gasteiger partial charge < -0.3 is 14.9 Å². The first-order chi connectivity index (χ1) is 8.79. The molecule has 1 atom stereocenters. The Hall–Kier alpha value is -0.160. The number of aliphatic hydroxyl groups is 1. The van der Waals surface area contributed by atoms with Gasteiger partial charge in [0.1, 0.15) is 0 Å². The number of piperazine rings is 1. The summed E-state index contributed by atoms with van der Waals surface area (Å²) in [5.74, 6) is 0. The van der Waals surface area contributed by atoms with Gasteiger partial charge in [-0.25, -0.2) is 0 Å². The first-order valence-corrected chi connectivity index (χ1v) is 7.56. The maximum Gasteiger partial charge on any atom is 0.0600 e. The molecule has 4 heteroatoms. The average Bonchev–Trinajstić information content (AvgIpc) is 2.33. The van der Waals surface area contributed by atoms with Crippen LogP contribution in [0.1, 0.15) is 27.2 Å². The van der Waals surface area contributed by atoms with Crippen molar-refractivity contribution >= 4 is 0 Å². The molecule has 0 amide bonds. The van der Waals surface area contributed by atoms with Gasteiger partial charge in [-0.15, -0.1) is 0 Å². The third-order valence-electron chi connectivity index (χ3n) is 4.05. The van der Waals surface area contributed by atoms with E-state index in [2.05, 4.69) is 49.6 Å². The maximum atomic E-state index is 10.1. The first kappa shape index (κ1) is 16.9. The van der Waals surface area contributed by atoms with Crippen LogP contribution in [0.25, 0.3) is 0 Å². The zero-order valence-electron chi connectivity index (χ0n) is 13.5. The fraction of sp³-hybridized carbons (Fsp3) is 1.00. The van der Waals surface area contributed by atoms with E-state index in [1.165, 1.54) is 19.6 Å². The Morgan fingerprint density at radius 3 is 1.89 bits per heavy atom. The molecule has 0 saturated carbocycles. The Morgan fingerprint density at radius 1 is 1.00 bits per heavy atom. The van der Waals surface area contributed by atoms with Gasteiger partial charge in [-0.05, 0) is 25.9 Å². The lowest BCUT2D eigenvalue weighted by atomic mass is 9.87. The summed E-state index contributed by atoms with van der Waals surface area (Å²) in [5.41, 5.74) is 0.00747. The smallest absolute Gasteiger partial charge is 0.0600 e. The second-order valence-corrected chi connectivity index (χ2v) is 7.16. The highest BCUT2D eigenvalue weighted by Gasteiger charge is 2.23. The second kappa shape index (κ2) is 7.58. The van der Waals surface area contributed by atoms with Crippen molar-refractivity contribution in [2.45, 2.75) is 33.3 Å². The summed E-state index contributed by atoms with van der Waals surface area (Å²) in [6, 6.07) is 0. The van der Waals surface area contributed by atoms with Crippen molar-refractivity contribution in [3.63, 3.8) is 0 Å². The zero-order chi connectivity index (χ0) is 14.5. The van der Waals surface area contributed by atoms with Crippen LogP contribution in [0, 0.1) is 5.41 Å². The third kappa shape index (κ3) is 6.70. The molecule has 1 aliphatic heterocycles. The normalized spacial score (nSPS) is 21.0. The van der Waals surface area contributed by atoms with Crippen molar-refractivity contribution in [2.75, 3.05) is 59.9 Å². The first-order valence-electron chi connectivity index (χ1n) is 7.56. The van der Waals surface area contributed by atoms with E-state index in [4.69, 9.17) is 0 Å². The van der Waals surface area contributed by atoms with Crippen LogP contribution in [0.3, 0.4) is 0 Å². The number of hydrogen-bond acceptors (Lipinski definition) is 4. The molecule has 1 rings (SSSR count). The largest absolute Gasteiger partial charge is 0.393 e. The predicted molar refractivity (Wildman–Crippen MR) is 81.5 cm³/mol. The average molecular weight is 271 g/mol. The molecule has 19 heavy (non-hydrogen) atoms. The van der Waals surface area contributed by atoms with Crippen molar-refractivity contribution in [2.24, 2.45) is 5.41 Å². The minimum absolute atomic E-state index is 0.00747. The van der Waals surface area contributed by atoms with Gasteiger partial charge in [0.2, 0.25) is 0 Å². The highest BCUT2D eigenvalue weighted by Crippen LogP contribution is 2.21. The Kier molecular flexibility index (Phi) is 6.74. The third-order valence-corrected chi connectivity index (χ3v) is 4.05. The number of hydrogen-bond donors (Lipinski definition) is 1. The molecule has 1 heterocycles. The topological polar surface area (TPSA) is 30.0 Å². The second-order valence-electron chi connectivity index (χ2n) is 7.16. The molecule has 114 valence electrons. The van der Waals surface area contributed by atoms with Crippen LogP contribution in [-0.4, -0.2) is 85.8 Å². The maximum absolute atomic E-state index is 10.1. The minimum atomic E-state index is -0.195. The molecule has 1 aliphatic rings. The van der Waals surface area contributed by atoms with E-state index < -0.39 is 0 Å². The van der Waals surface area contributed by atoms with Crippen molar-refractivity contribution in [1.82, 2.24) is 14.7 Å². The zero-order valence-corrected chi connectivity index (χ0v) is 13.5. The van der Waals surface area contributed by atoms with E-state index in [1.807, 2.05) is 0 Å². The Balaban J connectivity index is 2.16. The highest BCUT2D eigenvalue weighted by atomic mass is 16.3. The van der Waals surface area contributed by atoms with Crippen LogP contribution >= 0.6 is 0 Å². The fourth-order valence-electron chi connectivity index (χ4n) is 2.32. The summed E-state index contributed by atoms with van der Waals surface area (Å²) in [6.45, 7) is 14.3. The van der Waals surface area contributed by atoms with Crippen LogP contribution in [0.15, 0.2) is 0 Å². The van der Waals surface area contributed by atoms with Crippen LogP contribution in [0.2, 0.25) is 0 Å². The molecule has 0 radical (unpaired) electrons. The molecule has 0 aromatic rings. The van der Waals surface area contributed by atoms with E-state index in [0.717, 1.165) is 32.6 Å². The van der Waals surface area contributed by atoms with E-state index in [0.29, 0.717) is 0 Å². The monoisotopic (exact) mass is 271 g/mol. The number of aliphatic hydroxyl groups excluding tert-OH is 1. The standard InChI is InChI=1S/C15H33N3O/c1-15(2,3)14(19)6-7-17-10-12-18(13-11-17)9-8-16(4)5/h14,19H,6-13H2,1-5H3. The van der Waals surface area contributed by atoms with Gasteiger partial charge in [0.25, 0.3) is 0 Å². The molecular weight excluding hydrogens is 238 g/mol. The summed E-state index contributed by atoms with van der Waals surface area (Å²) in [5, 5.41) is 10.1. The van der Waals surface area contributed by atoms with Gasteiger partial charge in [0, 0.05) is 45.8 Å². The fourth-order valence-corrected chi connectivity index (χ4v) is 2.32. The molecule has 1 fully saturated rings. The van der Waals surface area contributed by atoms with Gasteiger partial charge in [0.05, 0.1) is 6.10 Å². The van der Waals surface area contributed by atoms with Gasteiger partial charge in [-0.3, -0.25) is 4.90 Å². The van der Waals surface area contributed by atoms with E-state index in [-0.39, 0.29) is 11.5 Å². The van der Waals surface area contributed by atoms with Crippen molar-refractivity contribution in [3.05, 3.63) is 0 Å². The summed E-state index contributed by atoms with van der Waals surface area (Å²) in [6.07, 6.45) is 0.695. The Labute approximate surface area is 119 Å². The van der Waals surface area contributed by atoms with E-state index in [9.17, 15) is 5.11 Å². The highest BCUT2D eigenvalue weighted by molar-refractivity contribution is 4.77. The molecule has 0 aliphatic carbocycles. The van der Waals surface area contributed by atoms with Gasteiger partial charge in [0.15, 0.2) is 0 Å². The molecule has 1 N–H and O–H groups in total. The number of likely N-dealkylation sites (N-methyl/N-ethyl adjacent to an activating group) is 1. The lowest BCUT2D eigenvalue weighted by Gasteiger charge is -2.36. The molecule has 0 aromatic carbocycles. The molecule has 0 spiro atoms. The lowest BCUT2D eigenvalue weighted by molar-refractivity contribution is 0.0381. The van der Waals surface area contributed by atoms with Crippen molar-refractivity contribution in [1.29, 1.82) is 0 Å². The lowest BCUT2D eigenvalue weighted by Crippen LogP contribution is -2.48. The quantitative estimate of drug-likeness (QED) is 0.779. The van der Waals surface area contributed by atoms with E-state index in [1.54, 1.807) is 0 Å². The van der Waals surface area contributed by atoms with E-state index >= 15 is 0 Å². The summed E-state index contributed by atoms with van der Waals surface area (Å²) in [7, 11) is 4.26. The molecule has 0 aromatic heterocycles. The summed E-state index contributed by atoms with van der Waals surface area (Å²) >= 11 is 0. The molecule has 1 unspecified atom stereocenters. The molecule has 4 nitrogen and oxygen atoms in total. The van der Waals surface area contributed by atoms with Crippen molar-refractivity contribution < 1.29 is 5.11 Å². The van der Waals surface area contributed by atoms with Crippen LogP contribution in [-0.2, 0) is 0 Å². The van der Waals surface area contributed by atoms with Crippen LogP contribution in [0.5, 0.6) is 0 Å². The molecule has 0 bridgehead atoms. The number of nitrogens with zero attached hydrogens (tertiary/aromatic N) is 3. The summed E-state index contributed by atoms with van der Waals surface area (Å²) < 4.78 is 0.